The van der Waals surface area contributed by atoms with Crippen molar-refractivity contribution in [2.24, 2.45) is 0 Å². The Kier molecular flexibility index (Phi) is 5.43. The molecule has 152 valence electrons. The molecule has 0 amide bonds. The third-order valence-corrected chi connectivity index (χ3v) is 6.59. The van der Waals surface area contributed by atoms with Gasteiger partial charge in [0.2, 0.25) is 10.0 Å². The summed E-state index contributed by atoms with van der Waals surface area (Å²) in [5.41, 5.74) is 2.07. The number of methoxy groups -OCH3 is 1. The molecule has 2 heterocycles. The van der Waals surface area contributed by atoms with Crippen LogP contribution in [0.5, 0.6) is 11.5 Å². The quantitative estimate of drug-likeness (QED) is 0.639. The number of aromatic nitrogens is 1. The normalized spacial score (nSPS) is 16.1. The van der Waals surface area contributed by atoms with Crippen molar-refractivity contribution < 1.29 is 17.9 Å². The number of benzene rings is 2. The van der Waals surface area contributed by atoms with E-state index in [1.807, 2.05) is 42.6 Å². The summed E-state index contributed by atoms with van der Waals surface area (Å²) < 4.78 is 36.7. The maximum Gasteiger partial charge on any atom is 0.211 e. The summed E-state index contributed by atoms with van der Waals surface area (Å²) in [6.45, 7) is 0.963. The van der Waals surface area contributed by atoms with E-state index in [1.165, 1.54) is 10.6 Å². The lowest BCUT2D eigenvalue weighted by Gasteiger charge is -2.30. The Balaban J connectivity index is 1.65. The van der Waals surface area contributed by atoms with Gasteiger partial charge in [-0.25, -0.2) is 12.7 Å². The Bertz CT molecular complexity index is 1120. The number of hydrogen-bond acceptors (Lipinski definition) is 5. The first-order valence-electron chi connectivity index (χ1n) is 9.58. The second-order valence-corrected chi connectivity index (χ2v) is 9.26. The van der Waals surface area contributed by atoms with Crippen LogP contribution in [0.15, 0.2) is 54.9 Å². The van der Waals surface area contributed by atoms with Gasteiger partial charge >= 0.3 is 0 Å². The monoisotopic (exact) mass is 412 g/mol. The number of nitrogens with zero attached hydrogens (tertiary/aromatic N) is 2. The van der Waals surface area contributed by atoms with Gasteiger partial charge < -0.3 is 9.47 Å². The zero-order chi connectivity index (χ0) is 20.4. The molecule has 2 aromatic carbocycles. The topological polar surface area (TPSA) is 68.7 Å². The minimum Gasteiger partial charge on any atom is -0.497 e. The molecule has 6 nitrogen and oxygen atoms in total. The van der Waals surface area contributed by atoms with Crippen LogP contribution in [-0.2, 0) is 10.0 Å². The van der Waals surface area contributed by atoms with Crippen molar-refractivity contribution in [2.75, 3.05) is 26.5 Å². The summed E-state index contributed by atoms with van der Waals surface area (Å²) in [6, 6.07) is 14.0. The van der Waals surface area contributed by atoms with Gasteiger partial charge in [0.25, 0.3) is 0 Å². The van der Waals surface area contributed by atoms with Gasteiger partial charge in [-0.2, -0.15) is 0 Å². The molecule has 1 aromatic heterocycles. The molecule has 0 spiro atoms. The molecule has 0 bridgehead atoms. The summed E-state index contributed by atoms with van der Waals surface area (Å²) >= 11 is 0. The molecular weight excluding hydrogens is 388 g/mol. The highest BCUT2D eigenvalue weighted by Gasteiger charge is 2.26. The van der Waals surface area contributed by atoms with Gasteiger partial charge in [0.1, 0.15) is 17.6 Å². The fourth-order valence-corrected chi connectivity index (χ4v) is 4.57. The molecule has 0 saturated carbocycles. The van der Waals surface area contributed by atoms with Crippen molar-refractivity contribution in [1.29, 1.82) is 0 Å². The summed E-state index contributed by atoms with van der Waals surface area (Å²) in [5.74, 6) is 1.57. The lowest BCUT2D eigenvalue weighted by atomic mass is 10.0. The fraction of sp³-hybridized carbons (Fsp3) is 0.318. The Morgan fingerprint density at radius 1 is 1.07 bits per heavy atom. The van der Waals surface area contributed by atoms with Crippen LogP contribution in [0.3, 0.4) is 0 Å². The Morgan fingerprint density at radius 3 is 2.59 bits per heavy atom. The van der Waals surface area contributed by atoms with E-state index in [9.17, 15) is 8.42 Å². The summed E-state index contributed by atoms with van der Waals surface area (Å²) in [7, 11) is -1.49. The summed E-state index contributed by atoms with van der Waals surface area (Å²) in [4.78, 5) is 4.25. The third-order valence-electron chi connectivity index (χ3n) is 5.28. The zero-order valence-electron chi connectivity index (χ0n) is 16.5. The van der Waals surface area contributed by atoms with Crippen LogP contribution in [-0.4, -0.2) is 50.3 Å². The molecule has 4 rings (SSSR count). The van der Waals surface area contributed by atoms with Crippen molar-refractivity contribution in [2.45, 2.75) is 18.9 Å². The van der Waals surface area contributed by atoms with E-state index in [0.717, 1.165) is 33.4 Å². The maximum atomic E-state index is 11.7. The number of hydrogen-bond donors (Lipinski definition) is 0. The second kappa shape index (κ2) is 8.00. The molecule has 1 saturated heterocycles. The average molecular weight is 413 g/mol. The SMILES string of the molecule is COc1cccc(-c2cc(OC3CCN(S(C)(=O)=O)CC3)c3cnccc3c2)c1. The number of sulfonamides is 1. The lowest BCUT2D eigenvalue weighted by molar-refractivity contribution is 0.137. The molecule has 3 aromatic rings. The average Bonchev–Trinajstić information content (AvgIpc) is 2.73. The van der Waals surface area contributed by atoms with Crippen molar-refractivity contribution in [3.63, 3.8) is 0 Å². The number of ether oxygens (including phenoxy) is 2. The summed E-state index contributed by atoms with van der Waals surface area (Å²) in [6.07, 6.45) is 6.14. The van der Waals surface area contributed by atoms with Crippen LogP contribution < -0.4 is 9.47 Å². The molecule has 29 heavy (non-hydrogen) atoms. The van der Waals surface area contributed by atoms with E-state index in [1.54, 1.807) is 13.3 Å². The Labute approximate surface area is 171 Å². The molecule has 1 aliphatic heterocycles. The largest absolute Gasteiger partial charge is 0.497 e. The first kappa shape index (κ1) is 19.7. The molecular formula is C22H24N2O4S. The molecule has 0 aliphatic carbocycles. The van der Waals surface area contributed by atoms with Crippen molar-refractivity contribution in [3.05, 3.63) is 54.9 Å². The van der Waals surface area contributed by atoms with E-state index in [0.29, 0.717) is 25.9 Å². The van der Waals surface area contributed by atoms with Crippen LogP contribution in [0.4, 0.5) is 0 Å². The molecule has 0 radical (unpaired) electrons. The van der Waals surface area contributed by atoms with Crippen LogP contribution in [0.1, 0.15) is 12.8 Å². The minimum atomic E-state index is -3.15. The van der Waals surface area contributed by atoms with E-state index in [2.05, 4.69) is 11.1 Å². The van der Waals surface area contributed by atoms with E-state index >= 15 is 0 Å². The molecule has 1 aliphatic rings. The fourth-order valence-electron chi connectivity index (χ4n) is 3.69. The van der Waals surface area contributed by atoms with Gasteiger partial charge in [-0.1, -0.05) is 12.1 Å². The summed E-state index contributed by atoms with van der Waals surface area (Å²) in [5, 5.41) is 1.99. The van der Waals surface area contributed by atoms with Gasteiger partial charge in [-0.3, -0.25) is 4.98 Å². The van der Waals surface area contributed by atoms with Gasteiger partial charge in [0.15, 0.2) is 0 Å². The van der Waals surface area contributed by atoms with Gasteiger partial charge in [-0.15, -0.1) is 0 Å². The van der Waals surface area contributed by atoms with E-state index in [4.69, 9.17) is 9.47 Å². The molecule has 0 N–H and O–H groups in total. The maximum absolute atomic E-state index is 11.7. The zero-order valence-corrected chi connectivity index (χ0v) is 17.4. The van der Waals surface area contributed by atoms with Crippen LogP contribution in [0, 0.1) is 0 Å². The molecule has 0 atom stereocenters. The van der Waals surface area contributed by atoms with Crippen molar-refractivity contribution >= 4 is 20.8 Å². The minimum absolute atomic E-state index is 0.0306. The first-order chi connectivity index (χ1) is 13.9. The number of pyridine rings is 1. The number of piperidine rings is 1. The van der Waals surface area contributed by atoms with Crippen LogP contribution >= 0.6 is 0 Å². The molecule has 0 unspecified atom stereocenters. The van der Waals surface area contributed by atoms with Crippen LogP contribution in [0.25, 0.3) is 21.9 Å². The number of rotatable bonds is 5. The molecule has 7 heteroatoms. The third kappa shape index (κ3) is 4.36. The predicted molar refractivity (Wildman–Crippen MR) is 114 cm³/mol. The smallest absolute Gasteiger partial charge is 0.211 e. The first-order valence-corrected chi connectivity index (χ1v) is 11.4. The van der Waals surface area contributed by atoms with Gasteiger partial charge in [0.05, 0.1) is 13.4 Å². The number of fused-ring (bicyclic) bond motifs is 1. The predicted octanol–water partition coefficient (Wildman–Crippen LogP) is 3.71. The van der Waals surface area contributed by atoms with Crippen LogP contribution in [0.2, 0.25) is 0 Å². The van der Waals surface area contributed by atoms with Gasteiger partial charge in [0, 0.05) is 30.9 Å². The Morgan fingerprint density at radius 2 is 1.86 bits per heavy atom. The van der Waals surface area contributed by atoms with Gasteiger partial charge in [-0.05, 0) is 59.7 Å². The lowest BCUT2D eigenvalue weighted by Crippen LogP contribution is -2.41. The van der Waals surface area contributed by atoms with Crippen molar-refractivity contribution in [1.82, 2.24) is 9.29 Å². The highest BCUT2D eigenvalue weighted by molar-refractivity contribution is 7.88. The molecule has 1 fully saturated rings. The van der Waals surface area contributed by atoms with Crippen molar-refractivity contribution in [3.8, 4) is 22.6 Å². The van der Waals surface area contributed by atoms with E-state index in [-0.39, 0.29) is 6.10 Å². The second-order valence-electron chi connectivity index (χ2n) is 7.28. The van der Waals surface area contributed by atoms with E-state index < -0.39 is 10.0 Å². The highest BCUT2D eigenvalue weighted by atomic mass is 32.2. The Hall–Kier alpha value is -2.64. The highest BCUT2D eigenvalue weighted by Crippen LogP contribution is 2.34. The standard InChI is InChI=1S/C22H24N2O4S/c1-27-20-5-3-4-16(13-20)18-12-17-6-9-23-15-21(17)22(14-18)28-19-7-10-24(11-8-19)29(2,25)26/h3-6,9,12-15,19H,7-8,10-11H2,1-2H3.